The predicted octanol–water partition coefficient (Wildman–Crippen LogP) is 3.09. The number of carbonyl (C=O) groups excluding carboxylic acids is 2. The molecule has 3 heterocycles. The summed E-state index contributed by atoms with van der Waals surface area (Å²) in [5, 5.41) is 10.3. The highest BCUT2D eigenvalue weighted by molar-refractivity contribution is 6.09. The first-order chi connectivity index (χ1) is 13.7. The minimum Gasteiger partial charge on any atom is -0.455 e. The first-order valence-electron chi connectivity index (χ1n) is 9.61. The van der Waals surface area contributed by atoms with Crippen molar-refractivity contribution in [2.45, 2.75) is 39.3 Å². The van der Waals surface area contributed by atoms with Crippen LogP contribution in [0.4, 0.5) is 5.69 Å². The molecule has 1 aromatic carbocycles. The van der Waals surface area contributed by atoms with Crippen LogP contribution in [-0.4, -0.2) is 51.2 Å². The molecule has 0 bridgehead atoms. The number of H-pyrrole nitrogens is 2. The molecule has 1 aliphatic rings. The molecule has 1 aliphatic heterocycles. The molecule has 1 amide bonds. The monoisotopic (exact) mass is 395 g/mol. The maximum Gasteiger partial charge on any atom is 0.359 e. The summed E-state index contributed by atoms with van der Waals surface area (Å²) in [4.78, 5) is 30.9. The number of esters is 1. The van der Waals surface area contributed by atoms with Crippen LogP contribution in [0.25, 0.3) is 10.9 Å². The van der Waals surface area contributed by atoms with Crippen molar-refractivity contribution >= 4 is 28.5 Å². The van der Waals surface area contributed by atoms with E-state index < -0.39 is 11.6 Å². The van der Waals surface area contributed by atoms with Gasteiger partial charge in [-0.15, -0.1) is 0 Å². The molecule has 8 nitrogen and oxygen atoms in total. The minimum absolute atomic E-state index is 0.120. The van der Waals surface area contributed by atoms with Crippen LogP contribution >= 0.6 is 0 Å². The Bertz CT molecular complexity index is 1090. The van der Waals surface area contributed by atoms with Crippen molar-refractivity contribution in [1.29, 1.82) is 0 Å². The van der Waals surface area contributed by atoms with Crippen molar-refractivity contribution in [3.63, 3.8) is 0 Å². The summed E-state index contributed by atoms with van der Waals surface area (Å²) in [6.07, 6.45) is 2.37. The Labute approximate surface area is 168 Å². The summed E-state index contributed by atoms with van der Waals surface area (Å²) in [5.74, 6) is -0.874. The number of hydrogen-bond donors (Lipinski definition) is 3. The third kappa shape index (κ3) is 3.88. The van der Waals surface area contributed by atoms with Gasteiger partial charge in [0.15, 0.2) is 5.69 Å². The number of nitrogens with zero attached hydrogens (tertiary/aromatic N) is 2. The third-order valence-corrected chi connectivity index (χ3v) is 4.92. The van der Waals surface area contributed by atoms with Gasteiger partial charge in [0.2, 0.25) is 0 Å². The Morgan fingerprint density at radius 2 is 2.07 bits per heavy atom. The summed E-state index contributed by atoms with van der Waals surface area (Å²) < 4.78 is 5.36. The van der Waals surface area contributed by atoms with E-state index in [1.165, 1.54) is 17.5 Å². The van der Waals surface area contributed by atoms with Gasteiger partial charge in [-0.25, -0.2) is 4.79 Å². The lowest BCUT2D eigenvalue weighted by Gasteiger charge is -2.22. The summed E-state index contributed by atoms with van der Waals surface area (Å²) in [5.41, 5.74) is 3.78. The number of aromatic amines is 2. The van der Waals surface area contributed by atoms with E-state index in [1.54, 1.807) is 26.8 Å². The molecule has 0 unspecified atom stereocenters. The van der Waals surface area contributed by atoms with E-state index in [-0.39, 0.29) is 11.6 Å². The average Bonchev–Trinajstić information content (AvgIpc) is 3.24. The first kappa shape index (κ1) is 19.2. The minimum atomic E-state index is -0.644. The summed E-state index contributed by atoms with van der Waals surface area (Å²) in [6.45, 7) is 7.21. The molecule has 152 valence electrons. The Morgan fingerprint density at radius 1 is 1.28 bits per heavy atom. The van der Waals surface area contributed by atoms with Gasteiger partial charge in [-0.3, -0.25) is 9.89 Å². The van der Waals surface area contributed by atoms with Gasteiger partial charge in [-0.2, -0.15) is 5.10 Å². The van der Waals surface area contributed by atoms with E-state index in [0.717, 1.165) is 30.4 Å². The highest BCUT2D eigenvalue weighted by Gasteiger charge is 2.24. The predicted molar refractivity (Wildman–Crippen MR) is 110 cm³/mol. The van der Waals surface area contributed by atoms with Crippen LogP contribution < -0.4 is 5.32 Å². The molecular formula is C21H25N5O3. The lowest BCUT2D eigenvalue weighted by atomic mass is 10.0. The number of rotatable bonds is 3. The van der Waals surface area contributed by atoms with Crippen molar-refractivity contribution in [3.8, 4) is 0 Å². The molecule has 0 atom stereocenters. The van der Waals surface area contributed by atoms with E-state index in [1.807, 2.05) is 12.1 Å². The molecule has 0 aliphatic carbocycles. The molecule has 0 spiro atoms. The second kappa shape index (κ2) is 7.04. The zero-order valence-electron chi connectivity index (χ0n) is 17.0. The normalized spacial score (nSPS) is 14.6. The molecular weight excluding hydrogens is 370 g/mol. The topological polar surface area (TPSA) is 103 Å². The maximum atomic E-state index is 12.8. The first-order valence-corrected chi connectivity index (χ1v) is 9.61. The summed E-state index contributed by atoms with van der Waals surface area (Å²) in [7, 11) is 2.09. The molecule has 8 heteroatoms. The molecule has 3 aromatic rings. The summed E-state index contributed by atoms with van der Waals surface area (Å²) >= 11 is 0. The van der Waals surface area contributed by atoms with Crippen LogP contribution in [0.1, 0.15) is 52.9 Å². The van der Waals surface area contributed by atoms with Crippen LogP contribution in [-0.2, 0) is 17.7 Å². The smallest absolute Gasteiger partial charge is 0.359 e. The Balaban J connectivity index is 1.58. The number of fused-ring (bicyclic) bond motifs is 3. The van der Waals surface area contributed by atoms with Crippen LogP contribution in [0, 0.1) is 0 Å². The Morgan fingerprint density at radius 3 is 2.83 bits per heavy atom. The molecule has 0 radical (unpaired) electrons. The fourth-order valence-electron chi connectivity index (χ4n) is 3.55. The van der Waals surface area contributed by atoms with Crippen molar-refractivity contribution in [3.05, 3.63) is 46.9 Å². The van der Waals surface area contributed by atoms with Gasteiger partial charge in [0.25, 0.3) is 5.91 Å². The Hall–Kier alpha value is -3.13. The van der Waals surface area contributed by atoms with Crippen molar-refractivity contribution in [1.82, 2.24) is 20.1 Å². The highest BCUT2D eigenvalue weighted by Crippen LogP contribution is 2.28. The lowest BCUT2D eigenvalue weighted by Crippen LogP contribution is -2.26. The van der Waals surface area contributed by atoms with Gasteiger partial charge < -0.3 is 19.9 Å². The summed E-state index contributed by atoms with van der Waals surface area (Å²) in [6, 6.07) is 5.59. The van der Waals surface area contributed by atoms with Gasteiger partial charge in [0.05, 0.1) is 11.9 Å². The Kier molecular flexibility index (Phi) is 4.66. The number of likely N-dealkylation sites (N-methyl/N-ethyl adjacent to an activating group) is 1. The fourth-order valence-corrected chi connectivity index (χ4v) is 3.55. The maximum absolute atomic E-state index is 12.8. The van der Waals surface area contributed by atoms with Crippen LogP contribution in [0.5, 0.6) is 0 Å². The van der Waals surface area contributed by atoms with Crippen LogP contribution in [0.2, 0.25) is 0 Å². The number of benzene rings is 1. The van der Waals surface area contributed by atoms with Crippen molar-refractivity contribution in [2.75, 3.05) is 18.9 Å². The van der Waals surface area contributed by atoms with Gasteiger partial charge in [-0.05, 0) is 51.6 Å². The fraction of sp³-hybridized carbons (Fsp3) is 0.381. The highest BCUT2D eigenvalue weighted by atomic mass is 16.6. The van der Waals surface area contributed by atoms with Crippen LogP contribution in [0.3, 0.4) is 0 Å². The largest absolute Gasteiger partial charge is 0.455 e. The average molecular weight is 395 g/mol. The van der Waals surface area contributed by atoms with Crippen molar-refractivity contribution in [2.24, 2.45) is 0 Å². The number of hydrogen-bond acceptors (Lipinski definition) is 5. The molecule has 4 rings (SSSR count). The van der Waals surface area contributed by atoms with E-state index in [2.05, 4.69) is 32.4 Å². The molecule has 0 saturated carbocycles. The molecule has 0 saturated heterocycles. The van der Waals surface area contributed by atoms with Crippen molar-refractivity contribution < 1.29 is 14.3 Å². The third-order valence-electron chi connectivity index (χ3n) is 4.92. The van der Waals surface area contributed by atoms with E-state index in [4.69, 9.17) is 4.74 Å². The van der Waals surface area contributed by atoms with Gasteiger partial charge in [-0.1, -0.05) is 0 Å². The standard InChI is InChI=1S/C21H25N5O3/c1-21(2,3)29-20(28)18-17(10-22-25-18)24-19(27)12-5-6-15-13(9-12)14-11-26(4)8-7-16(14)23-15/h5-6,9-10,23H,7-8,11H2,1-4H3,(H,22,25)(H,24,27). The number of anilines is 1. The molecule has 2 aromatic heterocycles. The number of carbonyl (C=O) groups is 2. The SMILES string of the molecule is CN1CCc2[nH]c3ccc(C(=O)Nc4cn[nH]c4C(=O)OC(C)(C)C)cc3c2C1. The van der Waals surface area contributed by atoms with Gasteiger partial charge in [0.1, 0.15) is 5.60 Å². The van der Waals surface area contributed by atoms with Gasteiger partial charge >= 0.3 is 5.97 Å². The zero-order chi connectivity index (χ0) is 20.8. The number of ether oxygens (including phenoxy) is 1. The van der Waals surface area contributed by atoms with Crippen LogP contribution in [0.15, 0.2) is 24.4 Å². The number of nitrogens with one attached hydrogen (secondary N) is 3. The molecule has 29 heavy (non-hydrogen) atoms. The second-order valence-corrected chi connectivity index (χ2v) is 8.44. The van der Waals surface area contributed by atoms with Gasteiger partial charge in [0, 0.05) is 41.7 Å². The molecule has 3 N–H and O–H groups in total. The molecule has 0 fully saturated rings. The van der Waals surface area contributed by atoms with E-state index in [0.29, 0.717) is 11.3 Å². The number of aromatic nitrogens is 3. The zero-order valence-corrected chi connectivity index (χ0v) is 17.0. The number of amides is 1. The second-order valence-electron chi connectivity index (χ2n) is 8.44. The lowest BCUT2D eigenvalue weighted by molar-refractivity contribution is 0.00640. The quantitative estimate of drug-likeness (QED) is 0.592. The van der Waals surface area contributed by atoms with E-state index >= 15 is 0 Å². The van der Waals surface area contributed by atoms with E-state index in [9.17, 15) is 9.59 Å².